The Bertz CT molecular complexity index is 406. The predicted molar refractivity (Wildman–Crippen MR) is 68.8 cm³/mol. The first-order valence-electron chi connectivity index (χ1n) is 4.92. The Kier molecular flexibility index (Phi) is 8.53. The smallest absolute Gasteiger partial charge is 0.466 e. The van der Waals surface area contributed by atoms with E-state index in [2.05, 4.69) is 0 Å². The van der Waals surface area contributed by atoms with Gasteiger partial charge < -0.3 is 19.8 Å². The molecule has 0 radical (unpaired) electrons. The van der Waals surface area contributed by atoms with Gasteiger partial charge in [0.25, 0.3) is 0 Å². The molecule has 0 fully saturated rings. The van der Waals surface area contributed by atoms with E-state index in [1.165, 1.54) is 0 Å². The molecular weight excluding hydrogens is 255 g/mol. The summed E-state index contributed by atoms with van der Waals surface area (Å²) >= 11 is 0. The summed E-state index contributed by atoms with van der Waals surface area (Å²) in [6.45, 7) is 0. The highest BCUT2D eigenvalue weighted by Gasteiger charge is 2.00. The highest BCUT2D eigenvalue weighted by molar-refractivity contribution is 7.45. The average molecular weight is 270 g/mol. The number of rotatable bonds is 0. The Hall–Kier alpha value is -1.65. The summed E-state index contributed by atoms with van der Waals surface area (Å²) in [6.07, 6.45) is 0. The Balaban J connectivity index is 0.000000245. The zero-order valence-corrected chi connectivity index (χ0v) is 10.4. The maximum atomic E-state index is 8.88. The molecule has 0 aliphatic heterocycles. The van der Waals surface area contributed by atoms with Crippen LogP contribution >= 0.6 is 7.82 Å². The van der Waals surface area contributed by atoms with Crippen LogP contribution in [0.2, 0.25) is 0 Å². The van der Waals surface area contributed by atoms with E-state index in [-0.39, 0.29) is 0 Å². The zero-order valence-electron chi connectivity index (χ0n) is 9.50. The first-order valence-corrected chi connectivity index (χ1v) is 6.48. The molecule has 5 nitrogen and oxygen atoms in total. The van der Waals surface area contributed by atoms with Crippen LogP contribution in [-0.4, -0.2) is 19.8 Å². The average Bonchev–Trinajstić information content (AvgIpc) is 2.31. The van der Waals surface area contributed by atoms with Gasteiger partial charge in [0.15, 0.2) is 0 Å². The van der Waals surface area contributed by atoms with E-state index in [0.29, 0.717) is 5.75 Å². The second-order valence-corrected chi connectivity index (χ2v) is 4.03. The topological polar surface area (TPSA) is 98.0 Å². The minimum atomic E-state index is -4.64. The van der Waals surface area contributed by atoms with Gasteiger partial charge in [-0.15, -0.1) is 0 Å². The van der Waals surface area contributed by atoms with E-state index in [0.717, 1.165) is 0 Å². The maximum Gasteiger partial charge on any atom is 0.466 e. The lowest BCUT2D eigenvalue weighted by Gasteiger charge is -1.82. The highest BCUT2D eigenvalue weighted by Crippen LogP contribution is 2.25. The second kappa shape index (κ2) is 9.39. The SMILES string of the molecule is O=P(O)(O)O.Oc1ccccc1.c1ccccc1. The fourth-order valence-electron chi connectivity index (χ4n) is 0.813. The third-order valence-electron chi connectivity index (χ3n) is 1.42. The van der Waals surface area contributed by atoms with E-state index in [1.807, 2.05) is 42.5 Å². The molecule has 0 aliphatic rings. The summed E-state index contributed by atoms with van der Waals surface area (Å²) in [5.74, 6) is 0.322. The van der Waals surface area contributed by atoms with Crippen molar-refractivity contribution in [3.8, 4) is 5.75 Å². The lowest BCUT2D eigenvalue weighted by Crippen LogP contribution is -1.66. The minimum Gasteiger partial charge on any atom is -0.508 e. The Morgan fingerprint density at radius 2 is 0.889 bits per heavy atom. The van der Waals surface area contributed by atoms with Gasteiger partial charge in [0.2, 0.25) is 0 Å². The van der Waals surface area contributed by atoms with E-state index in [9.17, 15) is 0 Å². The third kappa shape index (κ3) is 16.8. The largest absolute Gasteiger partial charge is 0.508 e. The first-order chi connectivity index (χ1) is 8.39. The number of phenols is 1. The third-order valence-corrected chi connectivity index (χ3v) is 1.42. The number of hydrogen-bond donors (Lipinski definition) is 4. The van der Waals surface area contributed by atoms with Crippen LogP contribution in [0, 0.1) is 0 Å². The van der Waals surface area contributed by atoms with E-state index in [1.54, 1.807) is 24.3 Å². The monoisotopic (exact) mass is 270 g/mol. The number of aromatic hydroxyl groups is 1. The summed E-state index contributed by atoms with van der Waals surface area (Å²) in [4.78, 5) is 21.6. The molecule has 0 heterocycles. The molecule has 18 heavy (non-hydrogen) atoms. The van der Waals surface area contributed by atoms with Crippen molar-refractivity contribution >= 4 is 7.82 Å². The van der Waals surface area contributed by atoms with Crippen molar-refractivity contribution in [1.29, 1.82) is 0 Å². The molecule has 2 aromatic rings. The molecule has 98 valence electrons. The predicted octanol–water partition coefficient (Wildman–Crippen LogP) is 2.15. The zero-order chi connectivity index (χ0) is 13.9. The molecule has 0 saturated heterocycles. The summed E-state index contributed by atoms with van der Waals surface area (Å²) < 4.78 is 8.88. The van der Waals surface area contributed by atoms with E-state index in [4.69, 9.17) is 24.4 Å². The number of hydrogen-bond acceptors (Lipinski definition) is 2. The van der Waals surface area contributed by atoms with Crippen LogP contribution in [0.25, 0.3) is 0 Å². The van der Waals surface area contributed by atoms with Gasteiger partial charge in [0.1, 0.15) is 5.75 Å². The quantitative estimate of drug-likeness (QED) is 0.550. The Morgan fingerprint density at radius 3 is 1.06 bits per heavy atom. The van der Waals surface area contributed by atoms with Crippen molar-refractivity contribution in [1.82, 2.24) is 0 Å². The standard InChI is InChI=1S/C6H6O.C6H6.H3O4P/c7-6-4-2-1-3-5-6;1-2-4-6-5-3-1;1-5(2,3)4/h1-5,7H;1-6H;(H3,1,2,3,4). The molecule has 0 atom stereocenters. The maximum absolute atomic E-state index is 8.88. The van der Waals surface area contributed by atoms with Crippen molar-refractivity contribution in [2.24, 2.45) is 0 Å². The lowest BCUT2D eigenvalue weighted by molar-refractivity contribution is 0.275. The van der Waals surface area contributed by atoms with Crippen LogP contribution in [-0.2, 0) is 4.57 Å². The van der Waals surface area contributed by atoms with Crippen molar-refractivity contribution in [3.63, 3.8) is 0 Å². The van der Waals surface area contributed by atoms with Crippen LogP contribution < -0.4 is 0 Å². The molecule has 0 unspecified atom stereocenters. The fraction of sp³-hybridized carbons (Fsp3) is 0. The van der Waals surface area contributed by atoms with Crippen LogP contribution in [0.15, 0.2) is 66.7 Å². The van der Waals surface area contributed by atoms with Gasteiger partial charge in [-0.05, 0) is 12.1 Å². The summed E-state index contributed by atoms with van der Waals surface area (Å²) in [5, 5.41) is 8.63. The van der Waals surface area contributed by atoms with Crippen molar-refractivity contribution < 1.29 is 24.4 Å². The van der Waals surface area contributed by atoms with Gasteiger partial charge in [-0.3, -0.25) is 0 Å². The summed E-state index contributed by atoms with van der Waals surface area (Å²) in [5.41, 5.74) is 0. The van der Waals surface area contributed by atoms with Crippen molar-refractivity contribution in [2.75, 3.05) is 0 Å². The highest BCUT2D eigenvalue weighted by atomic mass is 31.2. The van der Waals surface area contributed by atoms with Gasteiger partial charge >= 0.3 is 7.82 Å². The van der Waals surface area contributed by atoms with E-state index < -0.39 is 7.82 Å². The normalized spacial score (nSPS) is 9.28. The van der Waals surface area contributed by atoms with Crippen LogP contribution in [0.5, 0.6) is 5.75 Å². The summed E-state index contributed by atoms with van der Waals surface area (Å²) in [7, 11) is -4.64. The molecule has 0 bridgehead atoms. The van der Waals surface area contributed by atoms with Crippen molar-refractivity contribution in [3.05, 3.63) is 66.7 Å². The first kappa shape index (κ1) is 16.4. The molecule has 0 saturated carbocycles. The molecule has 0 amide bonds. The molecule has 6 heteroatoms. The Morgan fingerprint density at radius 1 is 0.667 bits per heavy atom. The minimum absolute atomic E-state index is 0.322. The van der Waals surface area contributed by atoms with Gasteiger partial charge in [-0.2, -0.15) is 0 Å². The van der Waals surface area contributed by atoms with Crippen molar-refractivity contribution in [2.45, 2.75) is 0 Å². The lowest BCUT2D eigenvalue weighted by atomic mass is 10.3. The number of para-hydroxylation sites is 1. The Labute approximate surface area is 105 Å². The van der Waals surface area contributed by atoms with Gasteiger partial charge in [-0.1, -0.05) is 54.6 Å². The van der Waals surface area contributed by atoms with Crippen LogP contribution in [0.1, 0.15) is 0 Å². The van der Waals surface area contributed by atoms with Gasteiger partial charge in [0, 0.05) is 0 Å². The number of phosphoric acid groups is 1. The number of phenolic OH excluding ortho intramolecular Hbond substituents is 1. The van der Waals surface area contributed by atoms with E-state index >= 15 is 0 Å². The molecule has 2 rings (SSSR count). The van der Waals surface area contributed by atoms with Crippen LogP contribution in [0.3, 0.4) is 0 Å². The molecule has 0 aromatic heterocycles. The molecule has 4 N–H and O–H groups in total. The van der Waals surface area contributed by atoms with Gasteiger partial charge in [0.05, 0.1) is 0 Å². The number of benzene rings is 2. The fourth-order valence-corrected chi connectivity index (χ4v) is 0.813. The second-order valence-electron chi connectivity index (χ2n) is 3.00. The van der Waals surface area contributed by atoms with Crippen LogP contribution in [0.4, 0.5) is 0 Å². The molecule has 2 aromatic carbocycles. The molecule has 0 spiro atoms. The molecular formula is C12H15O5P. The summed E-state index contributed by atoms with van der Waals surface area (Å²) in [6, 6.07) is 20.7. The molecule has 0 aliphatic carbocycles. The van der Waals surface area contributed by atoms with Gasteiger partial charge in [-0.25, -0.2) is 4.57 Å².